The van der Waals surface area contributed by atoms with E-state index in [2.05, 4.69) is 0 Å². The average molecular weight is 382 g/mol. The number of carbonyl (C=O) groups is 2. The molecule has 0 spiro atoms. The number of non-ortho nitro benzene ring substituents is 1. The van der Waals surface area contributed by atoms with E-state index in [0.29, 0.717) is 5.56 Å². The van der Waals surface area contributed by atoms with Crippen molar-refractivity contribution in [3.63, 3.8) is 0 Å². The molecular formula is C17H22N2O8. The second kappa shape index (κ2) is 8.31. The van der Waals surface area contributed by atoms with Crippen molar-refractivity contribution < 1.29 is 34.2 Å². The Bertz CT molecular complexity index is 703. The van der Waals surface area contributed by atoms with Gasteiger partial charge in [0, 0.05) is 12.1 Å². The zero-order valence-electron chi connectivity index (χ0n) is 15.0. The van der Waals surface area contributed by atoms with Crippen molar-refractivity contribution in [2.24, 2.45) is 0 Å². The molecule has 1 aromatic rings. The number of carbonyl (C=O) groups excluding carboxylic acids is 1. The Balaban J connectivity index is 1.92. The van der Waals surface area contributed by atoms with E-state index in [0.717, 1.165) is 0 Å². The van der Waals surface area contributed by atoms with Gasteiger partial charge in [0.15, 0.2) is 5.60 Å². The van der Waals surface area contributed by atoms with E-state index in [1.54, 1.807) is 0 Å². The first-order valence-corrected chi connectivity index (χ1v) is 8.32. The van der Waals surface area contributed by atoms with Gasteiger partial charge in [-0.05, 0) is 38.0 Å². The number of nitro groups is 1. The van der Waals surface area contributed by atoms with Crippen molar-refractivity contribution in [2.45, 2.75) is 44.6 Å². The predicted octanol–water partition coefficient (Wildman–Crippen LogP) is 1.55. The van der Waals surface area contributed by atoms with Crippen LogP contribution in [0.25, 0.3) is 0 Å². The standard InChI is InChI=1S/C17H22N2O8/c1-17(2,15(21)22)27-10-13-7-14(20)8-18(13)16(23)26-9-11-3-5-12(6-4-11)19(24)25/h3-6,13-14,20H,7-10H2,1-2H3,(H,21,22)/t13-,14+/m0/s1. The lowest BCUT2D eigenvalue weighted by molar-refractivity contribution is -0.384. The lowest BCUT2D eigenvalue weighted by atomic mass is 10.1. The van der Waals surface area contributed by atoms with Crippen LogP contribution < -0.4 is 0 Å². The van der Waals surface area contributed by atoms with Gasteiger partial charge in [0.1, 0.15) is 6.61 Å². The summed E-state index contributed by atoms with van der Waals surface area (Å²) in [6, 6.07) is 5.09. The third kappa shape index (κ3) is 5.38. The maximum atomic E-state index is 12.3. The summed E-state index contributed by atoms with van der Waals surface area (Å²) in [5.41, 5.74) is -0.901. The van der Waals surface area contributed by atoms with Gasteiger partial charge in [0.05, 0.1) is 30.2 Å². The summed E-state index contributed by atoms with van der Waals surface area (Å²) in [4.78, 5) is 34.8. The number of amides is 1. The van der Waals surface area contributed by atoms with E-state index in [1.807, 2.05) is 0 Å². The molecule has 2 rings (SSSR count). The fraction of sp³-hybridized carbons (Fsp3) is 0.529. The van der Waals surface area contributed by atoms with Gasteiger partial charge in [-0.15, -0.1) is 0 Å². The first kappa shape index (κ1) is 20.6. The molecule has 1 amide bonds. The first-order chi connectivity index (χ1) is 12.6. The molecule has 1 aromatic carbocycles. The van der Waals surface area contributed by atoms with Crippen LogP contribution in [0.1, 0.15) is 25.8 Å². The molecule has 0 saturated carbocycles. The second-order valence-corrected chi connectivity index (χ2v) is 6.80. The number of nitrogens with zero attached hydrogens (tertiary/aromatic N) is 2. The maximum absolute atomic E-state index is 12.3. The fourth-order valence-electron chi connectivity index (χ4n) is 2.58. The molecule has 1 heterocycles. The van der Waals surface area contributed by atoms with Crippen molar-refractivity contribution in [3.05, 3.63) is 39.9 Å². The topological polar surface area (TPSA) is 139 Å². The molecule has 1 fully saturated rings. The third-order valence-corrected chi connectivity index (χ3v) is 4.29. The zero-order chi connectivity index (χ0) is 20.2. The van der Waals surface area contributed by atoms with Gasteiger partial charge in [-0.3, -0.25) is 10.1 Å². The summed E-state index contributed by atoms with van der Waals surface area (Å²) in [6.45, 7) is 2.72. The smallest absolute Gasteiger partial charge is 0.410 e. The molecule has 1 aliphatic heterocycles. The van der Waals surface area contributed by atoms with Crippen LogP contribution in [0.3, 0.4) is 0 Å². The average Bonchev–Trinajstić information content (AvgIpc) is 2.99. The Morgan fingerprint density at radius 3 is 2.52 bits per heavy atom. The largest absolute Gasteiger partial charge is 0.479 e. The van der Waals surface area contributed by atoms with E-state index >= 15 is 0 Å². The highest BCUT2D eigenvalue weighted by Crippen LogP contribution is 2.22. The molecule has 148 valence electrons. The number of aliphatic hydroxyl groups excluding tert-OH is 1. The Morgan fingerprint density at radius 2 is 1.96 bits per heavy atom. The number of benzene rings is 1. The summed E-state index contributed by atoms with van der Waals surface area (Å²) < 4.78 is 10.6. The van der Waals surface area contributed by atoms with Crippen molar-refractivity contribution in [2.75, 3.05) is 13.2 Å². The number of carboxylic acid groups (broad SMARTS) is 1. The van der Waals surface area contributed by atoms with Crippen LogP contribution in [0, 0.1) is 10.1 Å². The Morgan fingerprint density at radius 1 is 1.33 bits per heavy atom. The lowest BCUT2D eigenvalue weighted by Crippen LogP contribution is -2.43. The molecular weight excluding hydrogens is 360 g/mol. The van der Waals surface area contributed by atoms with Crippen molar-refractivity contribution in [3.8, 4) is 0 Å². The molecule has 0 aliphatic carbocycles. The predicted molar refractivity (Wildman–Crippen MR) is 92.1 cm³/mol. The van der Waals surface area contributed by atoms with Crippen molar-refractivity contribution in [1.29, 1.82) is 0 Å². The van der Waals surface area contributed by atoms with Gasteiger partial charge in [-0.25, -0.2) is 9.59 Å². The summed E-state index contributed by atoms with van der Waals surface area (Å²) in [5.74, 6) is -1.13. The fourth-order valence-corrected chi connectivity index (χ4v) is 2.58. The van der Waals surface area contributed by atoms with Crippen LogP contribution in [0.4, 0.5) is 10.5 Å². The number of hydrogen-bond donors (Lipinski definition) is 2. The van der Waals surface area contributed by atoms with Crippen LogP contribution >= 0.6 is 0 Å². The Hall–Kier alpha value is -2.72. The molecule has 0 aromatic heterocycles. The summed E-state index contributed by atoms with van der Waals surface area (Å²) in [7, 11) is 0. The minimum absolute atomic E-state index is 0.0526. The molecule has 1 aliphatic rings. The summed E-state index contributed by atoms with van der Waals surface area (Å²) in [6.07, 6.45) is -1.17. The number of hydrogen-bond acceptors (Lipinski definition) is 7. The number of aliphatic hydroxyl groups is 1. The lowest BCUT2D eigenvalue weighted by Gasteiger charge is -2.27. The molecule has 0 radical (unpaired) electrons. The van der Waals surface area contributed by atoms with Crippen LogP contribution in [0.2, 0.25) is 0 Å². The molecule has 2 atom stereocenters. The monoisotopic (exact) mass is 382 g/mol. The van der Waals surface area contributed by atoms with Gasteiger partial charge in [-0.1, -0.05) is 0 Å². The summed E-state index contributed by atoms with van der Waals surface area (Å²) >= 11 is 0. The van der Waals surface area contributed by atoms with Crippen molar-refractivity contribution >= 4 is 17.7 Å². The highest BCUT2D eigenvalue weighted by atomic mass is 16.6. The van der Waals surface area contributed by atoms with Gasteiger partial charge < -0.3 is 24.6 Å². The van der Waals surface area contributed by atoms with Gasteiger partial charge in [0.2, 0.25) is 0 Å². The number of nitro benzene ring substituents is 1. The molecule has 10 heteroatoms. The molecule has 27 heavy (non-hydrogen) atoms. The zero-order valence-corrected chi connectivity index (χ0v) is 15.0. The summed E-state index contributed by atoms with van der Waals surface area (Å²) in [5, 5.41) is 29.6. The highest BCUT2D eigenvalue weighted by molar-refractivity contribution is 5.76. The number of rotatable bonds is 7. The van der Waals surface area contributed by atoms with Crippen LogP contribution in [0.15, 0.2) is 24.3 Å². The number of β-amino-alcohol motifs (C(OH)–C–C–N with tert-alkyl or cyclic N) is 1. The number of ether oxygens (including phenoxy) is 2. The van der Waals surface area contributed by atoms with Gasteiger partial charge >= 0.3 is 12.1 Å². The van der Waals surface area contributed by atoms with Crippen LogP contribution in [0.5, 0.6) is 0 Å². The van der Waals surface area contributed by atoms with Gasteiger partial charge in [0.25, 0.3) is 5.69 Å². The minimum Gasteiger partial charge on any atom is -0.479 e. The Labute approximate surface area is 155 Å². The SMILES string of the molecule is CC(C)(OC[C@@H]1C[C@@H](O)CN1C(=O)OCc1ccc([N+](=O)[O-])cc1)C(=O)O. The van der Waals surface area contributed by atoms with E-state index in [9.17, 15) is 24.8 Å². The highest BCUT2D eigenvalue weighted by Gasteiger charge is 2.38. The number of likely N-dealkylation sites (tertiary alicyclic amines) is 1. The second-order valence-electron chi connectivity index (χ2n) is 6.80. The number of carboxylic acids is 1. The normalized spacial score (nSPS) is 19.7. The molecule has 10 nitrogen and oxygen atoms in total. The van der Waals surface area contributed by atoms with Gasteiger partial charge in [-0.2, -0.15) is 0 Å². The number of aliphatic carboxylic acids is 1. The van der Waals surface area contributed by atoms with E-state index < -0.39 is 34.7 Å². The Kier molecular flexibility index (Phi) is 6.34. The van der Waals surface area contributed by atoms with Crippen LogP contribution in [-0.2, 0) is 20.9 Å². The molecule has 0 unspecified atom stereocenters. The van der Waals surface area contributed by atoms with Crippen LogP contribution in [-0.4, -0.2) is 63.0 Å². The minimum atomic E-state index is -1.41. The third-order valence-electron chi connectivity index (χ3n) is 4.29. The van der Waals surface area contributed by atoms with E-state index in [-0.39, 0.29) is 31.9 Å². The van der Waals surface area contributed by atoms with E-state index in [4.69, 9.17) is 14.6 Å². The first-order valence-electron chi connectivity index (χ1n) is 8.32. The van der Waals surface area contributed by atoms with E-state index in [1.165, 1.54) is 43.0 Å². The molecule has 1 saturated heterocycles. The van der Waals surface area contributed by atoms with Crippen molar-refractivity contribution in [1.82, 2.24) is 4.90 Å². The maximum Gasteiger partial charge on any atom is 0.410 e. The molecule has 0 bridgehead atoms. The quantitative estimate of drug-likeness (QED) is 0.535. The molecule has 2 N–H and O–H groups in total.